The van der Waals surface area contributed by atoms with E-state index in [0.717, 1.165) is 41.9 Å². The van der Waals surface area contributed by atoms with Crippen molar-refractivity contribution < 1.29 is 14.3 Å². The molecule has 1 N–H and O–H groups in total. The summed E-state index contributed by atoms with van der Waals surface area (Å²) < 4.78 is 5.24. The molecule has 0 atom stereocenters. The van der Waals surface area contributed by atoms with Gasteiger partial charge in [-0.3, -0.25) is 9.59 Å². The smallest absolute Gasteiger partial charge is 0.263 e. The van der Waals surface area contributed by atoms with Crippen LogP contribution in [0.4, 0.5) is 0 Å². The molecule has 1 saturated heterocycles. The second-order valence-electron chi connectivity index (χ2n) is 6.99. The van der Waals surface area contributed by atoms with E-state index in [4.69, 9.17) is 4.74 Å². The molecule has 2 aliphatic rings. The summed E-state index contributed by atoms with van der Waals surface area (Å²) in [4.78, 5) is 28.7. The zero-order valence-corrected chi connectivity index (χ0v) is 15.3. The van der Waals surface area contributed by atoms with Crippen LogP contribution < -0.4 is 5.32 Å². The van der Waals surface area contributed by atoms with Gasteiger partial charge in [0.2, 0.25) is 5.91 Å². The van der Waals surface area contributed by atoms with E-state index in [1.807, 2.05) is 24.0 Å². The summed E-state index contributed by atoms with van der Waals surface area (Å²) in [6.07, 6.45) is 4.42. The van der Waals surface area contributed by atoms with E-state index in [0.29, 0.717) is 19.7 Å². The molecule has 1 aliphatic carbocycles. The number of ether oxygens (including phenoxy) is 1. The van der Waals surface area contributed by atoms with Crippen LogP contribution in [0.5, 0.6) is 0 Å². The highest BCUT2D eigenvalue weighted by molar-refractivity contribution is 7.13. The Balaban J connectivity index is 1.62. The van der Waals surface area contributed by atoms with Gasteiger partial charge < -0.3 is 15.0 Å². The Hall–Kier alpha value is -1.40. The summed E-state index contributed by atoms with van der Waals surface area (Å²) in [7, 11) is 1.69. The Morgan fingerprint density at radius 2 is 2.04 bits per heavy atom. The Morgan fingerprint density at radius 1 is 1.33 bits per heavy atom. The number of hydrogen-bond acceptors (Lipinski definition) is 4. The molecule has 1 saturated carbocycles. The van der Waals surface area contributed by atoms with Crippen LogP contribution in [0.15, 0.2) is 12.1 Å². The van der Waals surface area contributed by atoms with E-state index in [1.165, 1.54) is 0 Å². The van der Waals surface area contributed by atoms with Crippen LogP contribution in [-0.2, 0) is 9.53 Å². The van der Waals surface area contributed by atoms with Gasteiger partial charge in [-0.25, -0.2) is 0 Å². The molecule has 1 aliphatic heterocycles. The van der Waals surface area contributed by atoms with Crippen molar-refractivity contribution in [3.63, 3.8) is 0 Å². The largest absolute Gasteiger partial charge is 0.385 e. The highest BCUT2D eigenvalue weighted by Gasteiger charge is 2.40. The highest BCUT2D eigenvalue weighted by atomic mass is 32.1. The minimum atomic E-state index is -0.224. The Kier molecular flexibility index (Phi) is 5.25. The van der Waals surface area contributed by atoms with Crippen molar-refractivity contribution in [3.8, 4) is 0 Å². The highest BCUT2D eigenvalue weighted by Crippen LogP contribution is 2.33. The standard InChI is InChI=1S/C18H26N2O3S/c1-13-3-6-15(24-13)17(22)20-10-7-18(8-11-20,9-12-23-2)19-16(21)14-4-5-14/h3,6,14H,4-5,7-12H2,1-2H3,(H,19,21). The van der Waals surface area contributed by atoms with E-state index < -0.39 is 0 Å². The molecule has 0 spiro atoms. The van der Waals surface area contributed by atoms with Gasteiger partial charge in [-0.15, -0.1) is 11.3 Å². The third-order valence-electron chi connectivity index (χ3n) is 5.08. The molecule has 6 heteroatoms. The Bertz CT molecular complexity index is 601. The molecular formula is C18H26N2O3S. The van der Waals surface area contributed by atoms with Crippen LogP contribution in [0.25, 0.3) is 0 Å². The molecule has 132 valence electrons. The summed E-state index contributed by atoms with van der Waals surface area (Å²) in [6, 6.07) is 3.89. The van der Waals surface area contributed by atoms with Gasteiger partial charge >= 0.3 is 0 Å². The lowest BCUT2D eigenvalue weighted by Gasteiger charge is -2.42. The maximum Gasteiger partial charge on any atom is 0.263 e. The first-order chi connectivity index (χ1) is 11.5. The topological polar surface area (TPSA) is 58.6 Å². The van der Waals surface area contributed by atoms with Crippen LogP contribution in [0.1, 0.15) is 46.7 Å². The second kappa shape index (κ2) is 7.23. The number of aryl methyl sites for hydroxylation is 1. The Morgan fingerprint density at radius 3 is 2.58 bits per heavy atom. The number of rotatable bonds is 6. The molecule has 0 radical (unpaired) electrons. The predicted octanol–water partition coefficient (Wildman–Crippen LogP) is 2.59. The van der Waals surface area contributed by atoms with Crippen molar-refractivity contribution >= 4 is 23.2 Å². The van der Waals surface area contributed by atoms with Gasteiger partial charge in [-0.2, -0.15) is 0 Å². The van der Waals surface area contributed by atoms with E-state index in [-0.39, 0.29) is 23.3 Å². The maximum absolute atomic E-state index is 12.6. The van der Waals surface area contributed by atoms with E-state index in [9.17, 15) is 9.59 Å². The number of carbonyl (C=O) groups excluding carboxylic acids is 2. The first-order valence-electron chi connectivity index (χ1n) is 8.70. The normalized spacial score (nSPS) is 20.0. The van der Waals surface area contributed by atoms with Crippen molar-refractivity contribution in [1.29, 1.82) is 0 Å². The number of nitrogens with one attached hydrogen (secondary N) is 1. The van der Waals surface area contributed by atoms with Crippen LogP contribution >= 0.6 is 11.3 Å². The summed E-state index contributed by atoms with van der Waals surface area (Å²) in [5, 5.41) is 3.28. The molecule has 0 aromatic carbocycles. The first-order valence-corrected chi connectivity index (χ1v) is 9.51. The van der Waals surface area contributed by atoms with Crippen molar-refractivity contribution in [3.05, 3.63) is 21.9 Å². The van der Waals surface area contributed by atoms with E-state index >= 15 is 0 Å². The van der Waals surface area contributed by atoms with Gasteiger partial charge in [-0.05, 0) is 51.2 Å². The van der Waals surface area contributed by atoms with Gasteiger partial charge in [0, 0.05) is 43.1 Å². The minimum absolute atomic E-state index is 0.113. The summed E-state index contributed by atoms with van der Waals surface area (Å²) in [5.74, 6) is 0.500. The monoisotopic (exact) mass is 350 g/mol. The summed E-state index contributed by atoms with van der Waals surface area (Å²) >= 11 is 1.55. The number of nitrogens with zero attached hydrogens (tertiary/aromatic N) is 1. The average Bonchev–Trinajstić information content (AvgIpc) is 3.35. The predicted molar refractivity (Wildman–Crippen MR) is 94.3 cm³/mol. The van der Waals surface area contributed by atoms with Gasteiger partial charge in [0.15, 0.2) is 0 Å². The fraction of sp³-hybridized carbons (Fsp3) is 0.667. The van der Waals surface area contributed by atoms with Gasteiger partial charge in [0.1, 0.15) is 0 Å². The third-order valence-corrected chi connectivity index (χ3v) is 6.07. The average molecular weight is 350 g/mol. The zero-order valence-electron chi connectivity index (χ0n) is 14.5. The van der Waals surface area contributed by atoms with Gasteiger partial charge in [-0.1, -0.05) is 0 Å². The molecule has 5 nitrogen and oxygen atoms in total. The zero-order chi connectivity index (χ0) is 17.2. The fourth-order valence-corrected chi connectivity index (χ4v) is 4.12. The molecule has 3 rings (SSSR count). The lowest BCUT2D eigenvalue weighted by molar-refractivity contribution is -0.125. The minimum Gasteiger partial charge on any atom is -0.385 e. The number of carbonyl (C=O) groups is 2. The van der Waals surface area contributed by atoms with Gasteiger partial charge in [0.05, 0.1) is 4.88 Å². The second-order valence-corrected chi connectivity index (χ2v) is 8.28. The van der Waals surface area contributed by atoms with Crippen molar-refractivity contribution in [2.45, 2.75) is 44.6 Å². The number of likely N-dealkylation sites (tertiary alicyclic amines) is 1. The number of thiophene rings is 1. The molecule has 2 fully saturated rings. The number of amides is 2. The molecule has 0 unspecified atom stereocenters. The molecule has 2 heterocycles. The van der Waals surface area contributed by atoms with Crippen molar-refractivity contribution in [2.75, 3.05) is 26.8 Å². The van der Waals surface area contributed by atoms with Crippen LogP contribution in [0.2, 0.25) is 0 Å². The summed E-state index contributed by atoms with van der Waals surface area (Å²) in [5.41, 5.74) is -0.224. The molecule has 24 heavy (non-hydrogen) atoms. The Labute approximate surface area is 147 Å². The van der Waals surface area contributed by atoms with Crippen LogP contribution in [0, 0.1) is 12.8 Å². The molecule has 1 aromatic rings. The van der Waals surface area contributed by atoms with Crippen LogP contribution in [0.3, 0.4) is 0 Å². The molecule has 2 amide bonds. The van der Waals surface area contributed by atoms with E-state index in [1.54, 1.807) is 18.4 Å². The molecule has 0 bridgehead atoms. The lowest BCUT2D eigenvalue weighted by atomic mass is 9.84. The lowest BCUT2D eigenvalue weighted by Crippen LogP contribution is -2.57. The quantitative estimate of drug-likeness (QED) is 0.858. The first kappa shape index (κ1) is 17.4. The summed E-state index contributed by atoms with van der Waals surface area (Å²) in [6.45, 7) is 4.01. The third kappa shape index (κ3) is 3.98. The van der Waals surface area contributed by atoms with Gasteiger partial charge in [0.25, 0.3) is 5.91 Å². The molecular weight excluding hydrogens is 324 g/mol. The van der Waals surface area contributed by atoms with E-state index in [2.05, 4.69) is 5.32 Å². The van der Waals surface area contributed by atoms with Crippen molar-refractivity contribution in [2.24, 2.45) is 5.92 Å². The number of methoxy groups -OCH3 is 1. The van der Waals surface area contributed by atoms with Crippen molar-refractivity contribution in [1.82, 2.24) is 10.2 Å². The fourth-order valence-electron chi connectivity index (χ4n) is 3.29. The molecule has 1 aromatic heterocycles. The number of piperidine rings is 1. The van der Waals surface area contributed by atoms with Crippen LogP contribution in [-0.4, -0.2) is 49.1 Å². The number of hydrogen-bond donors (Lipinski definition) is 1. The maximum atomic E-state index is 12.6. The SMILES string of the molecule is COCCC1(NC(=O)C2CC2)CCN(C(=O)c2ccc(C)s2)CC1.